The second-order valence-electron chi connectivity index (χ2n) is 6.77. The van der Waals surface area contributed by atoms with Gasteiger partial charge in [0, 0.05) is 18.7 Å². The summed E-state index contributed by atoms with van der Waals surface area (Å²) in [5.41, 5.74) is 7.02. The maximum atomic E-state index is 13.0. The van der Waals surface area contributed by atoms with Crippen molar-refractivity contribution < 1.29 is 4.79 Å². The molecule has 1 aliphatic heterocycles. The zero-order valence-corrected chi connectivity index (χ0v) is 15.3. The summed E-state index contributed by atoms with van der Waals surface area (Å²) in [6.45, 7) is 5.62. The Morgan fingerprint density at radius 2 is 1.65 bits per heavy atom. The number of nitrogens with zero attached hydrogens (tertiary/aromatic N) is 3. The van der Waals surface area contributed by atoms with Crippen molar-refractivity contribution >= 4 is 16.9 Å². The predicted molar refractivity (Wildman–Crippen MR) is 103 cm³/mol. The van der Waals surface area contributed by atoms with E-state index in [9.17, 15) is 4.79 Å². The summed E-state index contributed by atoms with van der Waals surface area (Å²) in [5, 5.41) is 0. The summed E-state index contributed by atoms with van der Waals surface area (Å²) in [5.74, 6) is 0.0702. The average molecular weight is 345 g/mol. The Labute approximate surface area is 153 Å². The van der Waals surface area contributed by atoms with Crippen LogP contribution < -0.4 is 0 Å². The van der Waals surface area contributed by atoms with Crippen LogP contribution in [0.4, 0.5) is 0 Å². The number of aromatic nitrogens is 2. The first-order valence-corrected chi connectivity index (χ1v) is 9.35. The average Bonchev–Trinajstić information content (AvgIpc) is 2.71. The monoisotopic (exact) mass is 345 g/mol. The molecule has 1 amide bonds. The third-order valence-electron chi connectivity index (χ3n) is 5.15. The number of aryl methyl sites for hydroxylation is 2. The molecule has 2 heterocycles. The Balaban J connectivity index is 1.65. The maximum Gasteiger partial charge on any atom is 0.254 e. The van der Waals surface area contributed by atoms with Gasteiger partial charge in [0.1, 0.15) is 0 Å². The molecule has 0 fully saturated rings. The molecule has 0 spiro atoms. The van der Waals surface area contributed by atoms with Gasteiger partial charge in [-0.3, -0.25) is 4.79 Å². The number of hydrogen-bond donors (Lipinski definition) is 0. The molecule has 0 aliphatic carbocycles. The Bertz CT molecular complexity index is 980. The summed E-state index contributed by atoms with van der Waals surface area (Å²) in [6, 6.07) is 14.1. The van der Waals surface area contributed by atoms with E-state index in [1.54, 1.807) is 0 Å². The van der Waals surface area contributed by atoms with Crippen LogP contribution in [0, 0.1) is 0 Å². The van der Waals surface area contributed by atoms with Crippen molar-refractivity contribution in [3.8, 4) is 0 Å². The molecule has 0 N–H and O–H groups in total. The van der Waals surface area contributed by atoms with Crippen LogP contribution >= 0.6 is 0 Å². The molecule has 0 saturated carbocycles. The first kappa shape index (κ1) is 16.7. The van der Waals surface area contributed by atoms with Gasteiger partial charge in [0.25, 0.3) is 5.91 Å². The summed E-state index contributed by atoms with van der Waals surface area (Å²) in [7, 11) is 0. The van der Waals surface area contributed by atoms with E-state index in [-0.39, 0.29) is 5.91 Å². The van der Waals surface area contributed by atoms with E-state index in [4.69, 9.17) is 9.97 Å². The quantitative estimate of drug-likeness (QED) is 0.722. The molecular weight excluding hydrogens is 322 g/mol. The summed E-state index contributed by atoms with van der Waals surface area (Å²) in [4.78, 5) is 24.4. The van der Waals surface area contributed by atoms with Crippen LogP contribution in [0.15, 0.2) is 42.5 Å². The predicted octanol–water partition coefficient (Wildman–Crippen LogP) is 3.95. The van der Waals surface area contributed by atoms with Crippen LogP contribution in [0.25, 0.3) is 11.0 Å². The minimum atomic E-state index is 0.0702. The van der Waals surface area contributed by atoms with E-state index in [1.807, 2.05) is 29.2 Å². The summed E-state index contributed by atoms with van der Waals surface area (Å²) >= 11 is 0. The first-order chi connectivity index (χ1) is 12.7. The van der Waals surface area contributed by atoms with Gasteiger partial charge in [0.15, 0.2) is 0 Å². The van der Waals surface area contributed by atoms with Gasteiger partial charge in [-0.1, -0.05) is 38.1 Å². The minimum Gasteiger partial charge on any atom is -0.334 e. The molecule has 4 heteroatoms. The van der Waals surface area contributed by atoms with E-state index in [0.29, 0.717) is 12.1 Å². The molecule has 0 unspecified atom stereocenters. The number of rotatable bonds is 3. The van der Waals surface area contributed by atoms with E-state index in [2.05, 4.69) is 32.0 Å². The Morgan fingerprint density at radius 3 is 2.38 bits per heavy atom. The van der Waals surface area contributed by atoms with E-state index in [1.165, 1.54) is 11.1 Å². The number of fused-ring (bicyclic) bond motifs is 2. The van der Waals surface area contributed by atoms with Crippen molar-refractivity contribution in [2.75, 3.05) is 6.54 Å². The Hall–Kier alpha value is -2.75. The third kappa shape index (κ3) is 2.96. The third-order valence-corrected chi connectivity index (χ3v) is 5.15. The van der Waals surface area contributed by atoms with E-state index in [0.717, 1.165) is 48.2 Å². The van der Waals surface area contributed by atoms with Crippen molar-refractivity contribution in [1.82, 2.24) is 14.9 Å². The Morgan fingerprint density at radius 1 is 0.962 bits per heavy atom. The highest BCUT2D eigenvalue weighted by molar-refractivity contribution is 5.97. The maximum absolute atomic E-state index is 13.0. The van der Waals surface area contributed by atoms with Gasteiger partial charge in [-0.15, -0.1) is 0 Å². The van der Waals surface area contributed by atoms with Gasteiger partial charge in [-0.2, -0.15) is 0 Å². The van der Waals surface area contributed by atoms with Crippen LogP contribution in [-0.4, -0.2) is 27.3 Å². The molecule has 4 rings (SSSR count). The molecule has 2 aromatic carbocycles. The molecule has 0 atom stereocenters. The van der Waals surface area contributed by atoms with Gasteiger partial charge >= 0.3 is 0 Å². The van der Waals surface area contributed by atoms with Gasteiger partial charge in [0.2, 0.25) is 0 Å². The number of amides is 1. The second-order valence-corrected chi connectivity index (χ2v) is 6.77. The standard InChI is InChI=1S/C22H23N3O/c1-3-18-19(4-2)24-21-13-16(9-10-20(21)23-18)22(26)25-12-11-15-7-5-6-8-17(15)14-25/h5-10,13H,3-4,11-12,14H2,1-2H3. The first-order valence-electron chi connectivity index (χ1n) is 9.35. The largest absolute Gasteiger partial charge is 0.334 e. The SMILES string of the molecule is CCc1nc2ccc(C(=O)N3CCc4ccccc4C3)cc2nc1CC. The number of hydrogen-bond acceptors (Lipinski definition) is 3. The fraction of sp³-hybridized carbons (Fsp3) is 0.318. The molecule has 0 saturated heterocycles. The molecular formula is C22H23N3O. The highest BCUT2D eigenvalue weighted by atomic mass is 16.2. The fourth-order valence-corrected chi connectivity index (χ4v) is 3.68. The van der Waals surface area contributed by atoms with Crippen molar-refractivity contribution in [2.24, 2.45) is 0 Å². The highest BCUT2D eigenvalue weighted by Crippen LogP contribution is 2.22. The van der Waals surface area contributed by atoms with Gasteiger partial charge in [-0.05, 0) is 48.6 Å². The van der Waals surface area contributed by atoms with Crippen molar-refractivity contribution in [3.05, 3.63) is 70.5 Å². The lowest BCUT2D eigenvalue weighted by Crippen LogP contribution is -2.35. The van der Waals surface area contributed by atoms with Crippen LogP contribution in [0.3, 0.4) is 0 Å². The topological polar surface area (TPSA) is 46.1 Å². The summed E-state index contributed by atoms with van der Waals surface area (Å²) < 4.78 is 0. The molecule has 132 valence electrons. The molecule has 26 heavy (non-hydrogen) atoms. The summed E-state index contributed by atoms with van der Waals surface area (Å²) in [6.07, 6.45) is 2.64. The molecule has 3 aromatic rings. The highest BCUT2D eigenvalue weighted by Gasteiger charge is 2.22. The zero-order chi connectivity index (χ0) is 18.1. The number of carbonyl (C=O) groups is 1. The molecule has 4 nitrogen and oxygen atoms in total. The van der Waals surface area contributed by atoms with Crippen molar-refractivity contribution in [3.63, 3.8) is 0 Å². The van der Waals surface area contributed by atoms with E-state index < -0.39 is 0 Å². The van der Waals surface area contributed by atoms with Crippen LogP contribution in [0.5, 0.6) is 0 Å². The zero-order valence-electron chi connectivity index (χ0n) is 15.3. The van der Waals surface area contributed by atoms with Crippen molar-refractivity contribution in [1.29, 1.82) is 0 Å². The van der Waals surface area contributed by atoms with Gasteiger partial charge < -0.3 is 4.90 Å². The van der Waals surface area contributed by atoms with E-state index >= 15 is 0 Å². The van der Waals surface area contributed by atoms with Gasteiger partial charge in [0.05, 0.1) is 22.4 Å². The lowest BCUT2D eigenvalue weighted by molar-refractivity contribution is 0.0735. The normalized spacial score (nSPS) is 13.7. The number of benzene rings is 2. The lowest BCUT2D eigenvalue weighted by atomic mass is 9.99. The van der Waals surface area contributed by atoms with Crippen molar-refractivity contribution in [2.45, 2.75) is 39.7 Å². The smallest absolute Gasteiger partial charge is 0.254 e. The van der Waals surface area contributed by atoms with Gasteiger partial charge in [-0.25, -0.2) is 9.97 Å². The second kappa shape index (κ2) is 6.87. The fourth-order valence-electron chi connectivity index (χ4n) is 3.68. The number of carbonyl (C=O) groups excluding carboxylic acids is 1. The molecule has 0 bridgehead atoms. The van der Waals surface area contributed by atoms with Crippen LogP contribution in [-0.2, 0) is 25.8 Å². The Kier molecular flexibility index (Phi) is 4.41. The molecule has 0 radical (unpaired) electrons. The molecule has 1 aliphatic rings. The van der Waals surface area contributed by atoms with Crippen LogP contribution in [0.2, 0.25) is 0 Å². The lowest BCUT2D eigenvalue weighted by Gasteiger charge is -2.29. The minimum absolute atomic E-state index is 0.0702. The molecule has 1 aromatic heterocycles. The van der Waals surface area contributed by atoms with Crippen LogP contribution in [0.1, 0.15) is 46.7 Å².